The van der Waals surface area contributed by atoms with Crippen LogP contribution in [0, 0.1) is 11.8 Å². The molecule has 0 fully saturated rings. The van der Waals surface area contributed by atoms with E-state index in [1.54, 1.807) is 6.20 Å². The molecular weight excluding hydrogens is 294 g/mol. The first kappa shape index (κ1) is 19.3. The van der Waals surface area contributed by atoms with Gasteiger partial charge in [-0.05, 0) is 18.9 Å². The molecule has 0 aromatic carbocycles. The second kappa shape index (κ2) is 9.39. The fourth-order valence-electron chi connectivity index (χ4n) is 2.26. The molecule has 0 radical (unpaired) electrons. The molecule has 7 nitrogen and oxygen atoms in total. The Balaban J connectivity index is 2.61. The Hall–Kier alpha value is -1.76. The summed E-state index contributed by atoms with van der Waals surface area (Å²) in [7, 11) is 0. The van der Waals surface area contributed by atoms with Crippen LogP contribution in [0.5, 0.6) is 0 Å². The fourth-order valence-corrected chi connectivity index (χ4v) is 2.26. The van der Waals surface area contributed by atoms with Crippen molar-refractivity contribution in [3.63, 3.8) is 0 Å². The molecule has 1 aromatic rings. The van der Waals surface area contributed by atoms with Crippen molar-refractivity contribution in [3.05, 3.63) is 11.9 Å². The van der Waals surface area contributed by atoms with Crippen molar-refractivity contribution < 1.29 is 9.59 Å². The van der Waals surface area contributed by atoms with Crippen LogP contribution in [0.3, 0.4) is 0 Å². The first-order chi connectivity index (χ1) is 10.8. The molecule has 0 aliphatic carbocycles. The zero-order chi connectivity index (χ0) is 17.4. The van der Waals surface area contributed by atoms with E-state index in [1.165, 1.54) is 4.68 Å². The first-order valence-corrected chi connectivity index (χ1v) is 8.26. The molecule has 1 amide bonds. The Bertz CT molecular complexity index is 510. The quantitative estimate of drug-likeness (QED) is 0.674. The lowest BCUT2D eigenvalue weighted by Gasteiger charge is -2.21. The Labute approximate surface area is 138 Å². The molecule has 2 N–H and O–H groups in total. The van der Waals surface area contributed by atoms with E-state index in [2.05, 4.69) is 20.9 Å². The monoisotopic (exact) mass is 323 g/mol. The number of Topliss-reactive ketones (excluding diaryl/α,β-unsaturated/α-hetero) is 1. The summed E-state index contributed by atoms with van der Waals surface area (Å²) >= 11 is 0. The summed E-state index contributed by atoms with van der Waals surface area (Å²) < 4.78 is 1.49. The van der Waals surface area contributed by atoms with E-state index in [9.17, 15) is 9.59 Å². The van der Waals surface area contributed by atoms with E-state index in [0.29, 0.717) is 18.9 Å². The van der Waals surface area contributed by atoms with Crippen molar-refractivity contribution in [1.29, 1.82) is 0 Å². The summed E-state index contributed by atoms with van der Waals surface area (Å²) in [6.07, 6.45) is 2.38. The van der Waals surface area contributed by atoms with Crippen molar-refractivity contribution in [3.8, 4) is 0 Å². The van der Waals surface area contributed by atoms with Gasteiger partial charge in [0.25, 0.3) is 0 Å². The Morgan fingerprint density at radius 3 is 2.52 bits per heavy atom. The number of amides is 1. The van der Waals surface area contributed by atoms with Crippen LogP contribution in [0.4, 0.5) is 0 Å². The topological polar surface area (TPSA) is 88.9 Å². The normalized spacial score (nSPS) is 12.7. The van der Waals surface area contributed by atoms with E-state index in [4.69, 9.17) is 0 Å². The third-order valence-electron chi connectivity index (χ3n) is 3.40. The summed E-state index contributed by atoms with van der Waals surface area (Å²) in [4.78, 5) is 24.4. The van der Waals surface area contributed by atoms with E-state index in [-0.39, 0.29) is 24.2 Å². The van der Waals surface area contributed by atoms with Gasteiger partial charge in [0.05, 0.1) is 17.9 Å². The number of rotatable bonds is 10. The minimum absolute atomic E-state index is 0.0680. The molecule has 1 atom stereocenters. The van der Waals surface area contributed by atoms with Crippen LogP contribution < -0.4 is 10.6 Å². The molecule has 23 heavy (non-hydrogen) atoms. The van der Waals surface area contributed by atoms with E-state index < -0.39 is 6.04 Å². The van der Waals surface area contributed by atoms with Gasteiger partial charge in [0.2, 0.25) is 5.91 Å². The highest BCUT2D eigenvalue weighted by Crippen LogP contribution is 2.10. The molecule has 0 saturated carbocycles. The Kier molecular flexibility index (Phi) is 7.88. The zero-order valence-corrected chi connectivity index (χ0v) is 14.8. The van der Waals surface area contributed by atoms with Crippen molar-refractivity contribution in [2.45, 2.75) is 60.2 Å². The summed E-state index contributed by atoms with van der Waals surface area (Å²) in [6, 6.07) is -0.438. The third-order valence-corrected chi connectivity index (χ3v) is 3.40. The maximum absolute atomic E-state index is 12.2. The molecule has 0 saturated heterocycles. The maximum Gasteiger partial charge on any atom is 0.242 e. The molecule has 7 heteroatoms. The van der Waals surface area contributed by atoms with Gasteiger partial charge in [-0.25, -0.2) is 4.68 Å². The highest BCUT2D eigenvalue weighted by atomic mass is 16.2. The lowest BCUT2D eigenvalue weighted by molar-refractivity contribution is -0.130. The van der Waals surface area contributed by atoms with E-state index >= 15 is 0 Å². The van der Waals surface area contributed by atoms with Gasteiger partial charge in [0.15, 0.2) is 5.78 Å². The molecular formula is C16H29N5O2. The van der Waals surface area contributed by atoms with Crippen molar-refractivity contribution in [2.24, 2.45) is 11.8 Å². The maximum atomic E-state index is 12.2. The van der Waals surface area contributed by atoms with Crippen molar-refractivity contribution >= 4 is 11.7 Å². The fraction of sp³-hybridized carbons (Fsp3) is 0.750. The van der Waals surface area contributed by atoms with Crippen LogP contribution >= 0.6 is 0 Å². The van der Waals surface area contributed by atoms with Crippen LogP contribution in [-0.2, 0) is 22.7 Å². The second-order valence-electron chi connectivity index (χ2n) is 6.49. The van der Waals surface area contributed by atoms with Gasteiger partial charge in [0.1, 0.15) is 6.54 Å². The minimum Gasteiger partial charge on any atom is -0.345 e. The Morgan fingerprint density at radius 2 is 1.96 bits per heavy atom. The smallest absolute Gasteiger partial charge is 0.242 e. The highest BCUT2D eigenvalue weighted by Gasteiger charge is 2.24. The molecule has 1 rings (SSSR count). The first-order valence-electron chi connectivity index (χ1n) is 8.26. The third kappa shape index (κ3) is 6.90. The number of nitrogens with zero attached hydrogens (tertiary/aromatic N) is 3. The molecule has 0 aliphatic rings. The second-order valence-corrected chi connectivity index (χ2v) is 6.49. The number of carbonyl (C=O) groups is 2. The number of hydrogen-bond donors (Lipinski definition) is 2. The molecule has 0 aliphatic heterocycles. The summed E-state index contributed by atoms with van der Waals surface area (Å²) in [5.74, 6) is 0.0845. The average molecular weight is 323 g/mol. The van der Waals surface area contributed by atoms with Gasteiger partial charge >= 0.3 is 0 Å². The van der Waals surface area contributed by atoms with Gasteiger partial charge in [0, 0.05) is 12.5 Å². The lowest BCUT2D eigenvalue weighted by Crippen LogP contribution is -2.44. The lowest BCUT2D eigenvalue weighted by atomic mass is 9.94. The summed E-state index contributed by atoms with van der Waals surface area (Å²) in [6.45, 7) is 11.3. The number of carbonyl (C=O) groups excluding carboxylic acids is 2. The number of aromatic nitrogens is 3. The number of hydrogen-bond acceptors (Lipinski definition) is 5. The number of nitrogens with one attached hydrogen (secondary N) is 2. The standard InChI is InChI=1S/C16H29N5O2/c1-6-17-8-13-9-21(20-19-13)10-15(22)18-14(7-11(2)3)16(23)12(4)5/h9,11-12,14,17H,6-8,10H2,1-5H3,(H,18,22)/t14-/m0/s1. The van der Waals surface area contributed by atoms with Crippen LogP contribution in [-0.4, -0.2) is 39.3 Å². The van der Waals surface area contributed by atoms with E-state index in [1.807, 2.05) is 34.6 Å². The van der Waals surface area contributed by atoms with Crippen molar-refractivity contribution in [1.82, 2.24) is 25.6 Å². The van der Waals surface area contributed by atoms with Crippen LogP contribution in [0.1, 0.15) is 46.7 Å². The summed E-state index contributed by atoms with van der Waals surface area (Å²) in [5, 5.41) is 13.9. The van der Waals surface area contributed by atoms with Crippen LogP contribution in [0.25, 0.3) is 0 Å². The van der Waals surface area contributed by atoms with Gasteiger partial charge < -0.3 is 10.6 Å². The number of ketones is 1. The van der Waals surface area contributed by atoms with Gasteiger partial charge in [-0.2, -0.15) is 0 Å². The van der Waals surface area contributed by atoms with Crippen molar-refractivity contribution in [2.75, 3.05) is 6.54 Å². The predicted octanol–water partition coefficient (Wildman–Crippen LogP) is 1.14. The predicted molar refractivity (Wildman–Crippen MR) is 88.6 cm³/mol. The van der Waals surface area contributed by atoms with Gasteiger partial charge in [-0.1, -0.05) is 39.8 Å². The van der Waals surface area contributed by atoms with E-state index in [0.717, 1.165) is 12.2 Å². The summed E-state index contributed by atoms with van der Waals surface area (Å²) in [5.41, 5.74) is 0.789. The van der Waals surface area contributed by atoms with Gasteiger partial charge in [-0.15, -0.1) is 5.10 Å². The van der Waals surface area contributed by atoms with Crippen LogP contribution in [0.2, 0.25) is 0 Å². The van der Waals surface area contributed by atoms with Gasteiger partial charge in [-0.3, -0.25) is 9.59 Å². The SMILES string of the molecule is CCNCc1cn(CC(=O)N[C@@H](CC(C)C)C(=O)C(C)C)nn1. The molecule has 1 heterocycles. The molecule has 0 bridgehead atoms. The van der Waals surface area contributed by atoms with Crippen LogP contribution in [0.15, 0.2) is 6.20 Å². The average Bonchev–Trinajstić information content (AvgIpc) is 2.90. The molecule has 1 aromatic heterocycles. The Morgan fingerprint density at radius 1 is 1.26 bits per heavy atom. The zero-order valence-electron chi connectivity index (χ0n) is 14.8. The highest BCUT2D eigenvalue weighted by molar-refractivity contribution is 5.90. The molecule has 0 spiro atoms. The largest absolute Gasteiger partial charge is 0.345 e. The minimum atomic E-state index is -0.438. The molecule has 130 valence electrons. The molecule has 0 unspecified atom stereocenters.